The number of aromatic nitrogens is 4. The van der Waals surface area contributed by atoms with Gasteiger partial charge in [0, 0.05) is 70.3 Å². The molecule has 9 nitrogen and oxygen atoms in total. The monoisotopic (exact) mass is 636 g/mol. The number of sulfone groups is 2. The van der Waals surface area contributed by atoms with Gasteiger partial charge in [0.25, 0.3) is 0 Å². The van der Waals surface area contributed by atoms with Gasteiger partial charge in [0.15, 0.2) is 12.4 Å². The number of ether oxygens (including phenoxy) is 1. The molecule has 0 fully saturated rings. The molecule has 5 aliphatic heterocycles. The smallest absolute Gasteiger partial charge is 0.423 e. The third-order valence-corrected chi connectivity index (χ3v) is 15.0. The molecule has 11 heteroatoms. The lowest BCUT2D eigenvalue weighted by atomic mass is 9.69. The van der Waals surface area contributed by atoms with Gasteiger partial charge in [-0.1, -0.05) is 0 Å². The molecule has 0 amide bonds. The van der Waals surface area contributed by atoms with E-state index in [1.807, 2.05) is 36.7 Å². The van der Waals surface area contributed by atoms with E-state index in [0.29, 0.717) is 22.6 Å². The Balaban J connectivity index is 1.34. The number of rotatable bonds is 0. The van der Waals surface area contributed by atoms with E-state index >= 15 is 0 Å². The predicted molar refractivity (Wildman–Crippen MR) is 157 cm³/mol. The molecule has 1 spiro atoms. The summed E-state index contributed by atoms with van der Waals surface area (Å²) in [5, 5.41) is 0. The first kappa shape index (κ1) is 23.1. The van der Waals surface area contributed by atoms with Crippen molar-refractivity contribution >= 4 is 19.7 Å². The van der Waals surface area contributed by atoms with E-state index in [4.69, 9.17) is 4.74 Å². The van der Waals surface area contributed by atoms with Gasteiger partial charge in [0.2, 0.25) is 31.1 Å². The van der Waals surface area contributed by atoms with Gasteiger partial charge in [0.05, 0.1) is 42.5 Å². The molecule has 216 valence electrons. The fourth-order valence-corrected chi connectivity index (χ4v) is 13.4. The lowest BCUT2D eigenvalue weighted by Gasteiger charge is -2.43. The second-order valence-electron chi connectivity index (χ2n) is 12.9. The van der Waals surface area contributed by atoms with E-state index in [2.05, 4.69) is 19.1 Å². The van der Waals surface area contributed by atoms with Crippen LogP contribution < -0.4 is 13.9 Å². The Morgan fingerprint density at radius 3 is 1.52 bits per heavy atom. The first-order valence-corrected chi connectivity index (χ1v) is 17.9. The molecule has 2 aromatic carbocycles. The maximum atomic E-state index is 14.5. The maximum Gasteiger partial charge on any atom is 0.423 e. The highest BCUT2D eigenvalue weighted by molar-refractivity contribution is 7.92. The third-order valence-electron chi connectivity index (χ3n) is 11.4. The number of benzene rings is 2. The Hall–Kier alpha value is -5.26. The molecule has 0 bridgehead atoms. The van der Waals surface area contributed by atoms with Crippen LogP contribution in [0.25, 0.3) is 22.3 Å². The van der Waals surface area contributed by atoms with Gasteiger partial charge in [-0.2, -0.15) is 0 Å². The van der Waals surface area contributed by atoms with Gasteiger partial charge < -0.3 is 4.74 Å². The first-order chi connectivity index (χ1) is 22.4. The van der Waals surface area contributed by atoms with Crippen molar-refractivity contribution in [1.29, 1.82) is 0 Å². The third kappa shape index (κ3) is 1.94. The molecule has 46 heavy (non-hydrogen) atoms. The molecular weight excluding hydrogens is 621 g/mol. The number of nitrogens with zero attached hydrogens (tertiary/aromatic N) is 4. The van der Waals surface area contributed by atoms with Gasteiger partial charge in [-0.3, -0.25) is 9.97 Å². The summed E-state index contributed by atoms with van der Waals surface area (Å²) in [5.41, 5.74) is 8.45. The minimum atomic E-state index is -3.94. The summed E-state index contributed by atoms with van der Waals surface area (Å²) in [6.45, 7) is 0. The molecule has 2 aliphatic carbocycles. The van der Waals surface area contributed by atoms with Crippen molar-refractivity contribution in [2.75, 3.05) is 0 Å². The van der Waals surface area contributed by atoms with Gasteiger partial charge in [-0.15, -0.1) is 9.13 Å². The summed E-state index contributed by atoms with van der Waals surface area (Å²) in [5.74, 6) is 0.381. The largest absolute Gasteiger partial charge is 0.456 e. The summed E-state index contributed by atoms with van der Waals surface area (Å²) in [6.07, 6.45) is 10.6. The molecule has 7 aliphatic rings. The Kier molecular flexibility index (Phi) is 3.27. The number of hydrogen-bond donors (Lipinski definition) is 0. The van der Waals surface area contributed by atoms with Crippen LogP contribution in [0, 0.1) is 0 Å². The van der Waals surface area contributed by atoms with E-state index in [1.165, 1.54) is 12.4 Å². The summed E-state index contributed by atoms with van der Waals surface area (Å²) in [4.78, 5) is 9.75. The van der Waals surface area contributed by atoms with Crippen molar-refractivity contribution in [3.8, 4) is 33.8 Å². The Labute approximate surface area is 260 Å². The van der Waals surface area contributed by atoms with Crippen molar-refractivity contribution in [1.82, 2.24) is 9.97 Å². The van der Waals surface area contributed by atoms with Gasteiger partial charge in [-0.25, -0.2) is 16.8 Å². The average Bonchev–Trinajstić information content (AvgIpc) is 3.59. The molecule has 0 saturated heterocycles. The van der Waals surface area contributed by atoms with E-state index in [-0.39, 0.29) is 31.4 Å². The van der Waals surface area contributed by atoms with Crippen molar-refractivity contribution in [3.63, 3.8) is 0 Å². The highest BCUT2D eigenvalue weighted by Gasteiger charge is 2.74. The summed E-state index contributed by atoms with van der Waals surface area (Å²) in [6, 6.07) is 14.9. The summed E-state index contributed by atoms with van der Waals surface area (Å²) < 4.78 is 69.1. The standard InChI is InChI=1S/C35H16N4O5S2/c40-45(41)21-7-5-19-31-27(21)29-25-17(11-36-13-23(25)45)15-3-1-9-38(33(15)29)35(31)32-20(44-19)6-8-22-28(32)30-26-18(12-37-14-24(26)46(22,42)43)16-4-2-10-39(35)34(16)30/h1-14,29-30H/q+2. The average molecular weight is 637 g/mol. The van der Waals surface area contributed by atoms with E-state index in [0.717, 1.165) is 55.9 Å². The zero-order valence-electron chi connectivity index (χ0n) is 23.4. The van der Waals surface area contributed by atoms with Crippen LogP contribution >= 0.6 is 0 Å². The molecule has 9 heterocycles. The van der Waals surface area contributed by atoms with E-state index in [9.17, 15) is 16.8 Å². The number of fused-ring (bicyclic) bond motifs is 2. The normalized spacial score (nSPS) is 24.2. The topological polar surface area (TPSA) is 111 Å². The van der Waals surface area contributed by atoms with Gasteiger partial charge >= 0.3 is 5.66 Å². The molecule has 0 radical (unpaired) electrons. The molecule has 0 saturated carbocycles. The Morgan fingerprint density at radius 2 is 1.04 bits per heavy atom. The lowest BCUT2D eigenvalue weighted by molar-refractivity contribution is -0.979. The molecular formula is C35H16N4O5S2+2. The summed E-state index contributed by atoms with van der Waals surface area (Å²) in [7, 11) is -7.88. The Morgan fingerprint density at radius 1 is 0.565 bits per heavy atom. The van der Waals surface area contributed by atoms with Crippen LogP contribution in [0.15, 0.2) is 105 Å². The van der Waals surface area contributed by atoms with Gasteiger partial charge in [0.1, 0.15) is 22.6 Å². The highest BCUT2D eigenvalue weighted by Crippen LogP contribution is 2.66. The van der Waals surface area contributed by atoms with Crippen LogP contribution in [-0.2, 0) is 25.3 Å². The molecule has 13 rings (SSSR count). The zero-order chi connectivity index (χ0) is 30.2. The van der Waals surface area contributed by atoms with E-state index < -0.39 is 25.3 Å². The predicted octanol–water partition coefficient (Wildman–Crippen LogP) is 3.70. The fraction of sp³-hybridized carbons (Fsp3) is 0.0857. The van der Waals surface area contributed by atoms with Crippen LogP contribution in [-0.4, -0.2) is 26.8 Å². The van der Waals surface area contributed by atoms with Crippen LogP contribution in [0.5, 0.6) is 11.5 Å². The second-order valence-corrected chi connectivity index (χ2v) is 16.7. The SMILES string of the molecule is O=S1(=O)c2cncc3c2C2c4c1ccc1c4C4(c5c(ccc6c5C5c7c(cncc7S6(=O)=O)-c6ccc[n+]4c65)O1)[n+]1cccc-3c12. The van der Waals surface area contributed by atoms with Crippen molar-refractivity contribution < 1.29 is 30.7 Å². The fourth-order valence-electron chi connectivity index (χ4n) is 10.0. The highest BCUT2D eigenvalue weighted by atomic mass is 32.2. The van der Waals surface area contributed by atoms with Crippen LogP contribution in [0.3, 0.4) is 0 Å². The quantitative estimate of drug-likeness (QED) is 0.234. The molecule has 0 N–H and O–H groups in total. The second kappa shape index (κ2) is 6.51. The van der Waals surface area contributed by atoms with Crippen molar-refractivity contribution in [2.24, 2.45) is 0 Å². The number of hydrogen-bond acceptors (Lipinski definition) is 7. The van der Waals surface area contributed by atoms with Crippen LogP contribution in [0.2, 0.25) is 0 Å². The molecule has 2 unspecified atom stereocenters. The molecule has 2 atom stereocenters. The zero-order valence-corrected chi connectivity index (χ0v) is 25.0. The minimum absolute atomic E-state index is 0.231. The van der Waals surface area contributed by atoms with Crippen molar-refractivity contribution in [3.05, 3.63) is 130 Å². The van der Waals surface area contributed by atoms with Crippen LogP contribution in [0.4, 0.5) is 0 Å². The number of pyridine rings is 4. The lowest BCUT2D eigenvalue weighted by Crippen LogP contribution is -2.80. The molecule has 6 aromatic rings. The summed E-state index contributed by atoms with van der Waals surface area (Å²) >= 11 is 0. The van der Waals surface area contributed by atoms with Crippen LogP contribution in [0.1, 0.15) is 56.6 Å². The maximum absolute atomic E-state index is 14.5. The van der Waals surface area contributed by atoms with E-state index in [1.54, 1.807) is 36.7 Å². The van der Waals surface area contributed by atoms with Gasteiger partial charge in [-0.05, 0) is 36.4 Å². The van der Waals surface area contributed by atoms with Crippen molar-refractivity contribution in [2.45, 2.75) is 37.1 Å². The Bertz CT molecular complexity index is 2700. The first-order valence-electron chi connectivity index (χ1n) is 15.0. The molecule has 4 aromatic heterocycles. The minimum Gasteiger partial charge on any atom is -0.456 e.